The number of hydrogen-bond acceptors (Lipinski definition) is 0. The SMILES string of the molecule is Cc1c(-c2ccccc2)c(-c2ccccc2)c2ccccc2c1C. The van der Waals surface area contributed by atoms with E-state index in [2.05, 4.69) is 98.8 Å². The summed E-state index contributed by atoms with van der Waals surface area (Å²) in [6.45, 7) is 4.48. The summed E-state index contributed by atoms with van der Waals surface area (Å²) in [4.78, 5) is 0. The first-order valence-electron chi connectivity index (χ1n) is 8.40. The Bertz CT molecular complexity index is 996. The van der Waals surface area contributed by atoms with Gasteiger partial charge in [0.2, 0.25) is 0 Å². The van der Waals surface area contributed by atoms with Crippen molar-refractivity contribution in [2.24, 2.45) is 0 Å². The van der Waals surface area contributed by atoms with Gasteiger partial charge in [-0.25, -0.2) is 0 Å². The molecule has 0 N–H and O–H groups in total. The molecule has 0 unspecified atom stereocenters. The molecule has 0 aliphatic rings. The average molecular weight is 308 g/mol. The van der Waals surface area contributed by atoms with Crippen LogP contribution in [-0.4, -0.2) is 0 Å². The quantitative estimate of drug-likeness (QED) is 0.382. The van der Waals surface area contributed by atoms with Gasteiger partial charge in [-0.05, 0) is 58.0 Å². The molecule has 0 radical (unpaired) electrons. The third-order valence-electron chi connectivity index (χ3n) is 4.91. The molecule has 4 aromatic rings. The maximum atomic E-state index is 2.25. The molecule has 0 heteroatoms. The molecule has 0 saturated carbocycles. The molecule has 0 heterocycles. The summed E-state index contributed by atoms with van der Waals surface area (Å²) in [7, 11) is 0. The molecule has 0 aliphatic carbocycles. The molecular formula is C24H20. The fraction of sp³-hybridized carbons (Fsp3) is 0.0833. The molecule has 0 amide bonds. The molecule has 24 heavy (non-hydrogen) atoms. The van der Waals surface area contributed by atoms with Crippen molar-refractivity contribution >= 4 is 10.8 Å². The van der Waals surface area contributed by atoms with Crippen LogP contribution in [0.2, 0.25) is 0 Å². The highest BCUT2D eigenvalue weighted by Crippen LogP contribution is 2.42. The molecule has 0 atom stereocenters. The zero-order chi connectivity index (χ0) is 16.5. The largest absolute Gasteiger partial charge is 0.0622 e. The topological polar surface area (TPSA) is 0 Å². The molecule has 0 nitrogen and oxygen atoms in total. The lowest BCUT2D eigenvalue weighted by atomic mass is 9.84. The van der Waals surface area contributed by atoms with E-state index >= 15 is 0 Å². The Morgan fingerprint density at radius 2 is 0.875 bits per heavy atom. The van der Waals surface area contributed by atoms with Gasteiger partial charge in [0.25, 0.3) is 0 Å². The van der Waals surface area contributed by atoms with Crippen LogP contribution in [0.15, 0.2) is 84.9 Å². The average Bonchev–Trinajstić information content (AvgIpc) is 2.66. The van der Waals surface area contributed by atoms with Crippen LogP contribution < -0.4 is 0 Å². The predicted molar refractivity (Wildman–Crippen MR) is 104 cm³/mol. The first kappa shape index (κ1) is 14.7. The standard InChI is InChI=1S/C24H20/c1-17-18(2)23(19-11-5-3-6-12-19)24(20-13-7-4-8-14-20)22-16-10-9-15-21(17)22/h3-16H,1-2H3. The van der Waals surface area contributed by atoms with Crippen LogP contribution >= 0.6 is 0 Å². The molecular weight excluding hydrogens is 288 g/mol. The Morgan fingerprint density at radius 1 is 0.417 bits per heavy atom. The molecule has 4 aromatic carbocycles. The first-order chi connectivity index (χ1) is 11.8. The molecule has 116 valence electrons. The third-order valence-corrected chi connectivity index (χ3v) is 4.91. The van der Waals surface area contributed by atoms with Crippen LogP contribution in [-0.2, 0) is 0 Å². The van der Waals surface area contributed by atoms with Crippen molar-refractivity contribution in [1.29, 1.82) is 0 Å². The van der Waals surface area contributed by atoms with Gasteiger partial charge in [0.05, 0.1) is 0 Å². The Labute approximate surface area is 143 Å². The molecule has 0 bridgehead atoms. The van der Waals surface area contributed by atoms with E-state index in [9.17, 15) is 0 Å². The van der Waals surface area contributed by atoms with Gasteiger partial charge >= 0.3 is 0 Å². The second-order valence-corrected chi connectivity index (χ2v) is 6.28. The summed E-state index contributed by atoms with van der Waals surface area (Å²) in [6.07, 6.45) is 0. The smallest absolute Gasteiger partial charge is 0.00240 e. The fourth-order valence-electron chi connectivity index (χ4n) is 3.61. The van der Waals surface area contributed by atoms with Crippen molar-refractivity contribution in [2.45, 2.75) is 13.8 Å². The zero-order valence-electron chi connectivity index (χ0n) is 14.1. The number of aryl methyl sites for hydroxylation is 1. The van der Waals surface area contributed by atoms with E-state index in [-0.39, 0.29) is 0 Å². The van der Waals surface area contributed by atoms with Gasteiger partial charge in [-0.1, -0.05) is 84.9 Å². The van der Waals surface area contributed by atoms with Crippen LogP contribution in [0.3, 0.4) is 0 Å². The Hall–Kier alpha value is -2.86. The highest BCUT2D eigenvalue weighted by atomic mass is 14.2. The number of benzene rings is 4. The fourth-order valence-corrected chi connectivity index (χ4v) is 3.61. The van der Waals surface area contributed by atoms with Gasteiger partial charge < -0.3 is 0 Å². The van der Waals surface area contributed by atoms with Crippen LogP contribution in [0.1, 0.15) is 11.1 Å². The minimum absolute atomic E-state index is 1.27. The van der Waals surface area contributed by atoms with Crippen LogP contribution in [0.4, 0.5) is 0 Å². The van der Waals surface area contributed by atoms with Crippen molar-refractivity contribution in [3.05, 3.63) is 96.1 Å². The second kappa shape index (κ2) is 5.98. The highest BCUT2D eigenvalue weighted by Gasteiger charge is 2.16. The van der Waals surface area contributed by atoms with E-state index in [1.54, 1.807) is 0 Å². The van der Waals surface area contributed by atoms with E-state index in [1.165, 1.54) is 44.2 Å². The van der Waals surface area contributed by atoms with Crippen molar-refractivity contribution in [3.63, 3.8) is 0 Å². The molecule has 0 spiro atoms. The monoisotopic (exact) mass is 308 g/mol. The summed E-state index contributed by atoms with van der Waals surface area (Å²) in [5.74, 6) is 0. The van der Waals surface area contributed by atoms with Crippen LogP contribution in [0.25, 0.3) is 33.0 Å². The van der Waals surface area contributed by atoms with Gasteiger partial charge in [-0.2, -0.15) is 0 Å². The van der Waals surface area contributed by atoms with Gasteiger partial charge in [-0.15, -0.1) is 0 Å². The van der Waals surface area contributed by atoms with Crippen molar-refractivity contribution in [2.75, 3.05) is 0 Å². The molecule has 0 fully saturated rings. The third kappa shape index (κ3) is 2.32. The summed E-state index contributed by atoms with van der Waals surface area (Å²) in [5.41, 5.74) is 7.96. The molecule has 4 rings (SSSR count). The zero-order valence-corrected chi connectivity index (χ0v) is 14.1. The second-order valence-electron chi connectivity index (χ2n) is 6.28. The van der Waals surface area contributed by atoms with Gasteiger partial charge in [0.15, 0.2) is 0 Å². The predicted octanol–water partition coefficient (Wildman–Crippen LogP) is 6.79. The van der Waals surface area contributed by atoms with Crippen molar-refractivity contribution in [3.8, 4) is 22.3 Å². The van der Waals surface area contributed by atoms with E-state index in [0.29, 0.717) is 0 Å². The summed E-state index contributed by atoms with van der Waals surface area (Å²) in [6, 6.07) is 30.2. The first-order valence-corrected chi connectivity index (χ1v) is 8.40. The number of hydrogen-bond donors (Lipinski definition) is 0. The van der Waals surface area contributed by atoms with Gasteiger partial charge in [0, 0.05) is 0 Å². The van der Waals surface area contributed by atoms with Gasteiger partial charge in [0.1, 0.15) is 0 Å². The Balaban J connectivity index is 2.20. The highest BCUT2D eigenvalue weighted by molar-refractivity contribution is 6.07. The maximum Gasteiger partial charge on any atom is -0.00240 e. The summed E-state index contributed by atoms with van der Waals surface area (Å²) < 4.78 is 0. The lowest BCUT2D eigenvalue weighted by molar-refractivity contribution is 1.37. The van der Waals surface area contributed by atoms with Crippen LogP contribution in [0, 0.1) is 13.8 Å². The Kier molecular flexibility index (Phi) is 3.66. The van der Waals surface area contributed by atoms with Crippen molar-refractivity contribution in [1.82, 2.24) is 0 Å². The van der Waals surface area contributed by atoms with Gasteiger partial charge in [-0.3, -0.25) is 0 Å². The number of fused-ring (bicyclic) bond motifs is 1. The Morgan fingerprint density at radius 3 is 1.46 bits per heavy atom. The lowest BCUT2D eigenvalue weighted by Crippen LogP contribution is -1.95. The minimum atomic E-state index is 1.27. The summed E-state index contributed by atoms with van der Waals surface area (Å²) >= 11 is 0. The molecule has 0 aliphatic heterocycles. The normalized spacial score (nSPS) is 10.9. The number of rotatable bonds is 2. The van der Waals surface area contributed by atoms with E-state index in [4.69, 9.17) is 0 Å². The molecule has 0 saturated heterocycles. The van der Waals surface area contributed by atoms with Crippen LogP contribution in [0.5, 0.6) is 0 Å². The minimum Gasteiger partial charge on any atom is -0.0622 e. The van der Waals surface area contributed by atoms with E-state index in [1.807, 2.05) is 0 Å². The van der Waals surface area contributed by atoms with E-state index in [0.717, 1.165) is 0 Å². The summed E-state index contributed by atoms with van der Waals surface area (Å²) in [5, 5.41) is 2.67. The maximum absolute atomic E-state index is 2.25. The lowest BCUT2D eigenvalue weighted by Gasteiger charge is -2.20. The molecule has 0 aromatic heterocycles. The van der Waals surface area contributed by atoms with Crippen molar-refractivity contribution < 1.29 is 0 Å². The van der Waals surface area contributed by atoms with E-state index < -0.39 is 0 Å².